The van der Waals surface area contributed by atoms with Crippen LogP contribution in [0.5, 0.6) is 0 Å². The van der Waals surface area contributed by atoms with Crippen LogP contribution in [0.3, 0.4) is 0 Å². The van der Waals surface area contributed by atoms with E-state index in [0.717, 1.165) is 0 Å². The smallest absolute Gasteiger partial charge is 0.307 e. The second-order valence-corrected chi connectivity index (χ2v) is 3.99. The van der Waals surface area contributed by atoms with Crippen molar-refractivity contribution in [1.82, 2.24) is 9.88 Å². The van der Waals surface area contributed by atoms with Gasteiger partial charge in [0.1, 0.15) is 11.8 Å². The second kappa shape index (κ2) is 6.50. The summed E-state index contributed by atoms with van der Waals surface area (Å²) in [7, 11) is 2.89. The lowest BCUT2D eigenvalue weighted by atomic mass is 10.2. The summed E-state index contributed by atoms with van der Waals surface area (Å²) in [6, 6.07) is 5.05. The number of carbonyl (C=O) groups is 2. The van der Waals surface area contributed by atoms with Crippen LogP contribution in [0.15, 0.2) is 12.1 Å². The molecule has 0 aliphatic rings. The van der Waals surface area contributed by atoms with Gasteiger partial charge in [-0.2, -0.15) is 5.26 Å². The first-order chi connectivity index (χ1) is 8.99. The molecular formula is C13H15N3O3. The molecule has 1 rings (SSSR count). The van der Waals surface area contributed by atoms with Gasteiger partial charge in [-0.1, -0.05) is 0 Å². The summed E-state index contributed by atoms with van der Waals surface area (Å²) in [5.74, 6) is -0.667. The summed E-state index contributed by atoms with van der Waals surface area (Å²) >= 11 is 0. The van der Waals surface area contributed by atoms with Gasteiger partial charge >= 0.3 is 5.97 Å². The minimum Gasteiger partial charge on any atom is -0.469 e. The van der Waals surface area contributed by atoms with E-state index in [4.69, 9.17) is 5.26 Å². The van der Waals surface area contributed by atoms with Crippen LogP contribution in [0.1, 0.15) is 28.2 Å². The number of rotatable bonds is 4. The number of hydrogen-bond acceptors (Lipinski definition) is 5. The highest BCUT2D eigenvalue weighted by molar-refractivity contribution is 5.92. The molecule has 0 unspecified atom stereocenters. The first-order valence-electron chi connectivity index (χ1n) is 5.69. The number of ether oxygens (including phenoxy) is 1. The van der Waals surface area contributed by atoms with Gasteiger partial charge in [0.05, 0.1) is 24.8 Å². The van der Waals surface area contributed by atoms with E-state index in [1.807, 2.05) is 6.07 Å². The number of aromatic nitrogens is 1. The molecule has 1 aromatic heterocycles. The van der Waals surface area contributed by atoms with Crippen molar-refractivity contribution in [3.05, 3.63) is 29.1 Å². The highest BCUT2D eigenvalue weighted by Gasteiger charge is 2.15. The van der Waals surface area contributed by atoms with Gasteiger partial charge in [0.15, 0.2) is 0 Å². The van der Waals surface area contributed by atoms with Gasteiger partial charge in [0.2, 0.25) is 0 Å². The van der Waals surface area contributed by atoms with Gasteiger partial charge in [0.25, 0.3) is 5.91 Å². The van der Waals surface area contributed by atoms with E-state index in [1.165, 1.54) is 18.1 Å². The van der Waals surface area contributed by atoms with Crippen molar-refractivity contribution >= 4 is 11.9 Å². The fourth-order valence-electron chi connectivity index (χ4n) is 1.46. The Bertz CT molecular complexity index is 534. The average Bonchev–Trinajstić information content (AvgIpc) is 2.43. The SMILES string of the molecule is COC(=O)CCN(C)C(=O)c1ccc(C#N)c(C)n1. The second-order valence-electron chi connectivity index (χ2n) is 3.99. The molecule has 0 aliphatic carbocycles. The number of nitriles is 1. The number of hydrogen-bond donors (Lipinski definition) is 0. The van der Waals surface area contributed by atoms with E-state index >= 15 is 0 Å². The maximum absolute atomic E-state index is 12.0. The number of pyridine rings is 1. The molecule has 0 radical (unpaired) electrons. The Morgan fingerprint density at radius 2 is 2.16 bits per heavy atom. The Morgan fingerprint density at radius 1 is 1.47 bits per heavy atom. The molecule has 100 valence electrons. The van der Waals surface area contributed by atoms with E-state index in [0.29, 0.717) is 11.3 Å². The summed E-state index contributed by atoms with van der Waals surface area (Å²) in [6.07, 6.45) is 0.133. The molecule has 1 heterocycles. The summed E-state index contributed by atoms with van der Waals surface area (Å²) in [6.45, 7) is 1.93. The summed E-state index contributed by atoms with van der Waals surface area (Å²) in [4.78, 5) is 28.5. The normalized spacial score (nSPS) is 9.58. The maximum atomic E-state index is 12.0. The maximum Gasteiger partial charge on any atom is 0.307 e. The Hall–Kier alpha value is -2.42. The number of amides is 1. The zero-order chi connectivity index (χ0) is 14.4. The number of carbonyl (C=O) groups excluding carboxylic acids is 2. The van der Waals surface area contributed by atoms with Crippen LogP contribution >= 0.6 is 0 Å². The van der Waals surface area contributed by atoms with E-state index in [2.05, 4.69) is 9.72 Å². The molecule has 0 saturated heterocycles. The molecule has 6 heteroatoms. The average molecular weight is 261 g/mol. The van der Waals surface area contributed by atoms with Gasteiger partial charge in [-0.3, -0.25) is 9.59 Å². The van der Waals surface area contributed by atoms with Crippen molar-refractivity contribution in [2.75, 3.05) is 20.7 Å². The van der Waals surface area contributed by atoms with Crippen molar-refractivity contribution < 1.29 is 14.3 Å². The highest BCUT2D eigenvalue weighted by atomic mass is 16.5. The lowest BCUT2D eigenvalue weighted by Gasteiger charge is -2.16. The van der Waals surface area contributed by atoms with E-state index in [9.17, 15) is 9.59 Å². The predicted molar refractivity (Wildman–Crippen MR) is 67.3 cm³/mol. The zero-order valence-corrected chi connectivity index (χ0v) is 11.1. The monoisotopic (exact) mass is 261 g/mol. The molecule has 6 nitrogen and oxygen atoms in total. The number of aryl methyl sites for hydroxylation is 1. The minimum atomic E-state index is -0.372. The van der Waals surface area contributed by atoms with Gasteiger partial charge in [-0.05, 0) is 19.1 Å². The Kier molecular flexibility index (Phi) is 5.01. The molecule has 0 bridgehead atoms. The number of nitrogens with zero attached hydrogens (tertiary/aromatic N) is 3. The van der Waals surface area contributed by atoms with E-state index in [1.54, 1.807) is 20.0 Å². The molecule has 0 atom stereocenters. The van der Waals surface area contributed by atoms with Crippen LogP contribution in [-0.4, -0.2) is 42.5 Å². The molecule has 0 fully saturated rings. The molecule has 0 aliphatic heterocycles. The third-order valence-corrected chi connectivity index (χ3v) is 2.65. The van der Waals surface area contributed by atoms with Crippen molar-refractivity contribution in [3.63, 3.8) is 0 Å². The van der Waals surface area contributed by atoms with Crippen LogP contribution in [0.2, 0.25) is 0 Å². The topological polar surface area (TPSA) is 83.3 Å². The third kappa shape index (κ3) is 3.78. The molecular weight excluding hydrogens is 246 g/mol. The molecule has 0 N–H and O–H groups in total. The van der Waals surface area contributed by atoms with Crippen LogP contribution in [-0.2, 0) is 9.53 Å². The molecule has 0 aromatic carbocycles. The number of methoxy groups -OCH3 is 1. The highest BCUT2D eigenvalue weighted by Crippen LogP contribution is 2.07. The van der Waals surface area contributed by atoms with Gasteiger partial charge in [-0.25, -0.2) is 4.98 Å². The first-order valence-corrected chi connectivity index (χ1v) is 5.69. The molecule has 0 spiro atoms. The first kappa shape index (κ1) is 14.6. The fraction of sp³-hybridized carbons (Fsp3) is 0.385. The van der Waals surface area contributed by atoms with Gasteiger partial charge in [0, 0.05) is 13.6 Å². The van der Waals surface area contributed by atoms with E-state index < -0.39 is 0 Å². The van der Waals surface area contributed by atoms with Crippen molar-refractivity contribution in [1.29, 1.82) is 5.26 Å². The summed E-state index contributed by atoms with van der Waals surface area (Å²) < 4.78 is 4.51. The van der Waals surface area contributed by atoms with Crippen LogP contribution < -0.4 is 0 Å². The lowest BCUT2D eigenvalue weighted by molar-refractivity contribution is -0.140. The minimum absolute atomic E-state index is 0.133. The molecule has 0 saturated carbocycles. The summed E-state index contributed by atoms with van der Waals surface area (Å²) in [5, 5.41) is 8.79. The van der Waals surface area contributed by atoms with Gasteiger partial charge < -0.3 is 9.64 Å². The lowest BCUT2D eigenvalue weighted by Crippen LogP contribution is -2.30. The van der Waals surface area contributed by atoms with Crippen molar-refractivity contribution in [3.8, 4) is 6.07 Å². The summed E-state index contributed by atoms with van der Waals surface area (Å²) in [5.41, 5.74) is 1.20. The van der Waals surface area contributed by atoms with Crippen LogP contribution in [0, 0.1) is 18.3 Å². The largest absolute Gasteiger partial charge is 0.469 e. The number of esters is 1. The van der Waals surface area contributed by atoms with Crippen molar-refractivity contribution in [2.24, 2.45) is 0 Å². The Balaban J connectivity index is 2.75. The Morgan fingerprint density at radius 3 is 2.68 bits per heavy atom. The van der Waals surface area contributed by atoms with E-state index in [-0.39, 0.29) is 30.5 Å². The third-order valence-electron chi connectivity index (χ3n) is 2.65. The molecule has 1 aromatic rings. The Labute approximate surface area is 111 Å². The van der Waals surface area contributed by atoms with Gasteiger partial charge in [-0.15, -0.1) is 0 Å². The fourth-order valence-corrected chi connectivity index (χ4v) is 1.46. The molecule has 1 amide bonds. The zero-order valence-electron chi connectivity index (χ0n) is 11.1. The van der Waals surface area contributed by atoms with Crippen LogP contribution in [0.25, 0.3) is 0 Å². The van der Waals surface area contributed by atoms with Crippen molar-refractivity contribution in [2.45, 2.75) is 13.3 Å². The van der Waals surface area contributed by atoms with Crippen LogP contribution in [0.4, 0.5) is 0 Å². The quantitative estimate of drug-likeness (QED) is 0.752. The molecule has 19 heavy (non-hydrogen) atoms. The predicted octanol–water partition coefficient (Wildman–Crippen LogP) is 0.897. The standard InChI is InChI=1S/C13H15N3O3/c1-9-10(8-14)4-5-11(15-9)13(18)16(2)7-6-12(17)19-3/h4-5H,6-7H2,1-3H3.